The van der Waals surface area contributed by atoms with E-state index in [1.807, 2.05) is 6.92 Å². The van der Waals surface area contributed by atoms with Crippen molar-refractivity contribution < 1.29 is 4.79 Å². The molecule has 0 spiro atoms. The Morgan fingerprint density at radius 2 is 2.00 bits per heavy atom. The van der Waals surface area contributed by atoms with Crippen molar-refractivity contribution in [2.24, 2.45) is 17.3 Å². The van der Waals surface area contributed by atoms with Crippen LogP contribution >= 0.6 is 15.9 Å². The molecule has 0 unspecified atom stereocenters. The molecule has 2 atom stereocenters. The second-order valence-corrected chi connectivity index (χ2v) is 9.04. The highest BCUT2D eigenvalue weighted by Crippen LogP contribution is 2.65. The number of carbonyl (C=O) groups is 1. The van der Waals surface area contributed by atoms with Crippen LogP contribution in [-0.2, 0) is 4.79 Å². The summed E-state index contributed by atoms with van der Waals surface area (Å²) in [6.45, 7) is 2.84. The van der Waals surface area contributed by atoms with Crippen molar-refractivity contribution in [1.82, 2.24) is 4.90 Å². The zero-order valence-corrected chi connectivity index (χ0v) is 13.8. The highest BCUT2D eigenvalue weighted by molar-refractivity contribution is 9.10. The first-order valence-corrected chi connectivity index (χ1v) is 8.60. The third-order valence-corrected chi connectivity index (χ3v) is 6.56. The maximum atomic E-state index is 12.5. The molecule has 110 valence electrons. The molecule has 0 saturated heterocycles. The monoisotopic (exact) mass is 338 g/mol. The summed E-state index contributed by atoms with van der Waals surface area (Å²) in [5, 5.41) is 8.84. The lowest BCUT2D eigenvalue weighted by molar-refractivity contribution is -0.137. The number of rotatable bonds is 4. The number of nitrogens with zero attached hydrogens (tertiary/aromatic N) is 2. The number of nitriles is 1. The van der Waals surface area contributed by atoms with Crippen LogP contribution < -0.4 is 0 Å². The summed E-state index contributed by atoms with van der Waals surface area (Å²) in [6, 6.07) is 2.11. The van der Waals surface area contributed by atoms with Crippen LogP contribution in [0, 0.1) is 28.6 Å². The van der Waals surface area contributed by atoms with Crippen molar-refractivity contribution >= 4 is 21.8 Å². The van der Waals surface area contributed by atoms with Gasteiger partial charge in [-0.2, -0.15) is 5.26 Å². The Morgan fingerprint density at radius 3 is 2.50 bits per heavy atom. The number of carbonyl (C=O) groups excluding carboxylic acids is 1. The van der Waals surface area contributed by atoms with Crippen LogP contribution in [0.5, 0.6) is 0 Å². The summed E-state index contributed by atoms with van der Waals surface area (Å²) in [6.07, 6.45) is 8.24. The lowest BCUT2D eigenvalue weighted by Crippen LogP contribution is -2.54. The van der Waals surface area contributed by atoms with Crippen molar-refractivity contribution in [3.63, 3.8) is 0 Å². The summed E-state index contributed by atoms with van der Waals surface area (Å²) < 4.78 is 0.309. The Kier molecular flexibility index (Phi) is 3.61. The van der Waals surface area contributed by atoms with Gasteiger partial charge in [-0.05, 0) is 62.7 Å². The van der Waals surface area contributed by atoms with E-state index in [1.165, 1.54) is 32.1 Å². The second kappa shape index (κ2) is 5.02. The highest BCUT2D eigenvalue weighted by atomic mass is 79.9. The average molecular weight is 339 g/mol. The molecule has 0 aromatic heterocycles. The molecule has 3 nitrogen and oxygen atoms in total. The third kappa shape index (κ3) is 2.50. The van der Waals surface area contributed by atoms with Gasteiger partial charge >= 0.3 is 0 Å². The smallest absolute Gasteiger partial charge is 0.223 e. The van der Waals surface area contributed by atoms with Crippen molar-refractivity contribution in [3.8, 4) is 6.07 Å². The lowest BCUT2D eigenvalue weighted by Gasteiger charge is -2.60. The van der Waals surface area contributed by atoms with E-state index >= 15 is 0 Å². The molecule has 0 heterocycles. The minimum absolute atomic E-state index is 0.187. The van der Waals surface area contributed by atoms with Crippen LogP contribution in [0.4, 0.5) is 0 Å². The number of hydrogen-bond acceptors (Lipinski definition) is 2. The fourth-order valence-corrected chi connectivity index (χ4v) is 6.95. The van der Waals surface area contributed by atoms with Gasteiger partial charge in [0.2, 0.25) is 5.91 Å². The lowest BCUT2D eigenvalue weighted by atomic mass is 9.48. The number of hydrogen-bond donors (Lipinski definition) is 0. The Morgan fingerprint density at radius 1 is 1.35 bits per heavy atom. The van der Waals surface area contributed by atoms with Gasteiger partial charge in [0, 0.05) is 17.3 Å². The van der Waals surface area contributed by atoms with E-state index in [4.69, 9.17) is 5.26 Å². The second-order valence-electron chi connectivity index (χ2n) is 7.35. The van der Waals surface area contributed by atoms with E-state index in [9.17, 15) is 4.79 Å². The van der Waals surface area contributed by atoms with Gasteiger partial charge in [0.25, 0.3) is 0 Å². The van der Waals surface area contributed by atoms with Gasteiger partial charge < -0.3 is 4.90 Å². The Hall–Kier alpha value is -0.560. The Labute approximate surface area is 129 Å². The van der Waals surface area contributed by atoms with Gasteiger partial charge in [-0.15, -0.1) is 0 Å². The van der Waals surface area contributed by atoms with E-state index in [1.54, 1.807) is 4.90 Å². The molecule has 0 aliphatic heterocycles. The summed E-state index contributed by atoms with van der Waals surface area (Å²) in [4.78, 5) is 14.2. The van der Waals surface area contributed by atoms with Crippen LogP contribution in [0.2, 0.25) is 0 Å². The first-order chi connectivity index (χ1) is 9.47. The molecule has 20 heavy (non-hydrogen) atoms. The summed E-state index contributed by atoms with van der Waals surface area (Å²) in [7, 11) is 0. The van der Waals surface area contributed by atoms with Gasteiger partial charge in [-0.1, -0.05) is 15.9 Å². The quantitative estimate of drug-likeness (QED) is 0.581. The van der Waals surface area contributed by atoms with E-state index in [0.29, 0.717) is 17.3 Å². The molecular weight excluding hydrogens is 316 g/mol. The van der Waals surface area contributed by atoms with Gasteiger partial charge in [0.15, 0.2) is 0 Å². The van der Waals surface area contributed by atoms with Crippen LogP contribution in [-0.4, -0.2) is 28.2 Å². The molecule has 4 saturated carbocycles. The molecule has 4 fully saturated rings. The van der Waals surface area contributed by atoms with Gasteiger partial charge in [-0.3, -0.25) is 4.79 Å². The number of alkyl halides is 1. The zero-order valence-electron chi connectivity index (χ0n) is 12.2. The maximum Gasteiger partial charge on any atom is 0.223 e. The number of amides is 1. The largest absolute Gasteiger partial charge is 0.330 e. The standard InChI is InChI=1S/C16H23BrN2O/c1-2-19(4-3-18)14(20)10-15-6-12-5-13(7-15)9-16(17,8-12)11-15/h12-13H,2,4-11H2,1H3/t12-,13-,15?,16?/m1/s1. The van der Waals surface area contributed by atoms with Crippen molar-refractivity contribution in [3.05, 3.63) is 0 Å². The average Bonchev–Trinajstić information content (AvgIpc) is 2.31. The molecule has 1 amide bonds. The minimum Gasteiger partial charge on any atom is -0.330 e. The molecule has 4 bridgehead atoms. The molecule has 0 N–H and O–H groups in total. The predicted molar refractivity (Wildman–Crippen MR) is 81.3 cm³/mol. The molecule has 0 aromatic carbocycles. The molecular formula is C16H23BrN2O. The van der Waals surface area contributed by atoms with Crippen LogP contribution in [0.25, 0.3) is 0 Å². The van der Waals surface area contributed by atoms with Crippen LogP contribution in [0.15, 0.2) is 0 Å². The van der Waals surface area contributed by atoms with E-state index in [-0.39, 0.29) is 17.9 Å². The summed E-state index contributed by atoms with van der Waals surface area (Å²) in [5.74, 6) is 1.82. The zero-order chi connectivity index (χ0) is 14.4. The van der Waals surface area contributed by atoms with E-state index in [2.05, 4.69) is 22.0 Å². The minimum atomic E-state index is 0.187. The highest BCUT2D eigenvalue weighted by Gasteiger charge is 2.57. The molecule has 0 radical (unpaired) electrons. The predicted octanol–water partition coefficient (Wildman–Crippen LogP) is 3.48. The first kappa shape index (κ1) is 14.4. The van der Waals surface area contributed by atoms with Crippen LogP contribution in [0.3, 0.4) is 0 Å². The fraction of sp³-hybridized carbons (Fsp3) is 0.875. The van der Waals surface area contributed by atoms with Gasteiger partial charge in [0.1, 0.15) is 6.54 Å². The summed E-state index contributed by atoms with van der Waals surface area (Å²) in [5.41, 5.74) is 0.216. The Bertz CT molecular complexity index is 442. The van der Waals surface area contributed by atoms with Gasteiger partial charge in [0.05, 0.1) is 6.07 Å². The molecule has 4 aliphatic rings. The van der Waals surface area contributed by atoms with Crippen molar-refractivity contribution in [2.75, 3.05) is 13.1 Å². The number of halogens is 1. The molecule has 4 heteroatoms. The van der Waals surface area contributed by atoms with Crippen molar-refractivity contribution in [1.29, 1.82) is 5.26 Å². The Balaban J connectivity index is 1.74. The first-order valence-electron chi connectivity index (χ1n) is 7.81. The van der Waals surface area contributed by atoms with Crippen molar-refractivity contribution in [2.45, 2.75) is 56.2 Å². The topological polar surface area (TPSA) is 44.1 Å². The maximum absolute atomic E-state index is 12.5. The molecule has 4 rings (SSSR count). The summed E-state index contributed by atoms with van der Waals surface area (Å²) >= 11 is 3.99. The molecule has 0 aromatic rings. The third-order valence-electron chi connectivity index (χ3n) is 5.63. The SMILES string of the molecule is CCN(CC#N)C(=O)CC12C[C@H]3C[C@@H](CC(Br)(C3)C1)C2. The fourth-order valence-electron chi connectivity index (χ4n) is 5.44. The van der Waals surface area contributed by atoms with Crippen LogP contribution in [0.1, 0.15) is 51.9 Å². The normalized spacial score (nSPS) is 41.5. The van der Waals surface area contributed by atoms with Gasteiger partial charge in [-0.25, -0.2) is 0 Å². The van der Waals surface area contributed by atoms with E-state index < -0.39 is 0 Å². The van der Waals surface area contributed by atoms with E-state index in [0.717, 1.165) is 18.3 Å². The molecule has 4 aliphatic carbocycles.